The van der Waals surface area contributed by atoms with Crippen molar-refractivity contribution < 1.29 is 9.84 Å². The Morgan fingerprint density at radius 1 is 1.44 bits per heavy atom. The highest BCUT2D eigenvalue weighted by atomic mass is 16.5. The van der Waals surface area contributed by atoms with E-state index in [1.807, 2.05) is 0 Å². The zero-order chi connectivity index (χ0) is 13.7. The lowest BCUT2D eigenvalue weighted by molar-refractivity contribution is -0.0104. The first-order valence-electron chi connectivity index (χ1n) is 5.22. The van der Waals surface area contributed by atoms with Crippen LogP contribution in [-0.2, 0) is 4.74 Å². The van der Waals surface area contributed by atoms with Crippen LogP contribution in [0.2, 0.25) is 0 Å². The number of aromatic nitrogens is 2. The van der Waals surface area contributed by atoms with Crippen molar-refractivity contribution in [1.82, 2.24) is 9.55 Å². The molecule has 0 saturated heterocycles. The van der Waals surface area contributed by atoms with E-state index in [2.05, 4.69) is 17.8 Å². The Morgan fingerprint density at radius 3 is 2.67 bits per heavy atom. The Kier molecular flexibility index (Phi) is 4.66. The number of nitrogens with zero attached hydrogens (tertiary/aromatic N) is 1. The van der Waals surface area contributed by atoms with Crippen LogP contribution in [0.25, 0.3) is 0 Å². The molecule has 1 aromatic rings. The number of aryl methyl sites for hydroxylation is 1. The van der Waals surface area contributed by atoms with Crippen molar-refractivity contribution in [3.63, 3.8) is 0 Å². The zero-order valence-corrected chi connectivity index (χ0v) is 9.87. The second-order valence-corrected chi connectivity index (χ2v) is 3.61. The lowest BCUT2D eigenvalue weighted by Crippen LogP contribution is -2.33. The van der Waals surface area contributed by atoms with Crippen molar-refractivity contribution in [3.05, 3.63) is 44.8 Å². The summed E-state index contributed by atoms with van der Waals surface area (Å²) in [5.74, 6) is 0. The molecule has 18 heavy (non-hydrogen) atoms. The Bertz CT molecular complexity index is 567. The van der Waals surface area contributed by atoms with Gasteiger partial charge in [-0.15, -0.1) is 12.8 Å². The number of hydrogen-bond acceptors (Lipinski definition) is 4. The number of terminal acetylenes is 1. The van der Waals surface area contributed by atoms with Gasteiger partial charge in [0.25, 0.3) is 5.56 Å². The number of aliphatic hydroxyl groups is 1. The molecule has 0 fully saturated rings. The molecule has 0 aliphatic carbocycles. The van der Waals surface area contributed by atoms with E-state index in [4.69, 9.17) is 9.84 Å². The Morgan fingerprint density at radius 2 is 2.11 bits per heavy atom. The zero-order valence-electron chi connectivity index (χ0n) is 9.87. The summed E-state index contributed by atoms with van der Waals surface area (Å²) in [5.41, 5.74) is -0.491. The van der Waals surface area contributed by atoms with Crippen LogP contribution in [-0.4, -0.2) is 27.4 Å². The number of aliphatic hydroxyl groups excluding tert-OH is 1. The predicted octanol–water partition coefficient (Wildman–Crippen LogP) is -0.460. The van der Waals surface area contributed by atoms with Gasteiger partial charge in [-0.05, 0) is 13.0 Å². The smallest absolute Gasteiger partial charge is 0.330 e. The van der Waals surface area contributed by atoms with Crippen molar-refractivity contribution in [1.29, 1.82) is 0 Å². The fourth-order valence-electron chi connectivity index (χ4n) is 1.53. The third-order valence-corrected chi connectivity index (χ3v) is 2.40. The van der Waals surface area contributed by atoms with E-state index in [1.165, 1.54) is 10.8 Å². The van der Waals surface area contributed by atoms with Crippen LogP contribution in [0.3, 0.4) is 0 Å². The highest BCUT2D eigenvalue weighted by Gasteiger charge is 2.20. The molecule has 0 spiro atoms. The Balaban J connectivity index is 0.000000771. The summed E-state index contributed by atoms with van der Waals surface area (Å²) in [5, 5.41) is 8.88. The Labute approximate surface area is 104 Å². The minimum absolute atomic E-state index is 0.135. The van der Waals surface area contributed by atoms with Crippen LogP contribution in [0.15, 0.2) is 27.9 Å². The Hall–Kier alpha value is -2.10. The quantitative estimate of drug-likeness (QED) is 0.549. The lowest BCUT2D eigenvalue weighted by Gasteiger charge is -2.14. The van der Waals surface area contributed by atoms with E-state index < -0.39 is 23.6 Å². The van der Waals surface area contributed by atoms with Gasteiger partial charge in [0.1, 0.15) is 6.10 Å². The maximum Gasteiger partial charge on any atom is 0.330 e. The van der Waals surface area contributed by atoms with Crippen LogP contribution in [0.1, 0.15) is 11.8 Å². The summed E-state index contributed by atoms with van der Waals surface area (Å²) >= 11 is 0. The van der Waals surface area contributed by atoms with E-state index >= 15 is 0 Å². The van der Waals surface area contributed by atoms with E-state index in [9.17, 15) is 9.59 Å². The van der Waals surface area contributed by atoms with E-state index in [0.717, 1.165) is 0 Å². The molecule has 0 bridgehead atoms. The van der Waals surface area contributed by atoms with Crippen LogP contribution < -0.4 is 11.2 Å². The fourth-order valence-corrected chi connectivity index (χ4v) is 1.53. The number of aromatic amines is 1. The predicted molar refractivity (Wildman–Crippen MR) is 66.1 cm³/mol. The van der Waals surface area contributed by atoms with Crippen LogP contribution in [0, 0.1) is 19.8 Å². The van der Waals surface area contributed by atoms with Gasteiger partial charge in [-0.25, -0.2) is 4.79 Å². The van der Waals surface area contributed by atoms with Crippen molar-refractivity contribution in [3.8, 4) is 12.8 Å². The average Bonchev–Trinajstić information content (AvgIpc) is 2.85. The fraction of sp³-hybridized carbons (Fsp3) is 0.333. The topological polar surface area (TPSA) is 84.3 Å². The molecule has 1 aromatic heterocycles. The molecule has 1 aliphatic rings. The molecule has 2 unspecified atom stereocenters. The van der Waals surface area contributed by atoms with Gasteiger partial charge in [-0.2, -0.15) is 0 Å². The standard InChI is InChI=1S/C10H12N2O4.C2H2/c1-6-4-12(10(15)11-9(6)14)8-3-2-7(5-13)16-8;1-2/h2-4,7-8,13H,5H2,1H3,(H,11,14,15);1-2H. The maximum absolute atomic E-state index is 11.5. The normalized spacial score (nSPS) is 21.3. The first kappa shape index (κ1) is 14.0. The maximum atomic E-state index is 11.5. The average molecular weight is 250 g/mol. The minimum atomic E-state index is -0.569. The molecule has 0 aromatic carbocycles. The first-order valence-corrected chi connectivity index (χ1v) is 5.22. The van der Waals surface area contributed by atoms with Crippen molar-refractivity contribution >= 4 is 0 Å². The minimum Gasteiger partial charge on any atom is -0.393 e. The monoisotopic (exact) mass is 250 g/mol. The van der Waals surface area contributed by atoms with Crippen molar-refractivity contribution in [2.45, 2.75) is 19.3 Å². The molecule has 2 rings (SSSR count). The number of hydrogen-bond donors (Lipinski definition) is 2. The molecular formula is C12H14N2O4. The molecule has 2 heterocycles. The molecule has 6 nitrogen and oxygen atoms in total. The highest BCUT2D eigenvalue weighted by Crippen LogP contribution is 2.18. The molecule has 0 saturated carbocycles. The summed E-state index contributed by atoms with van der Waals surface area (Å²) in [4.78, 5) is 24.9. The summed E-state index contributed by atoms with van der Waals surface area (Å²) in [6.45, 7) is 1.47. The van der Waals surface area contributed by atoms with Crippen molar-refractivity contribution in [2.75, 3.05) is 6.61 Å². The summed E-state index contributed by atoms with van der Waals surface area (Å²) in [6, 6.07) is 0. The van der Waals surface area contributed by atoms with Gasteiger partial charge in [0, 0.05) is 11.8 Å². The number of rotatable bonds is 2. The summed E-state index contributed by atoms with van der Waals surface area (Å²) < 4.78 is 6.63. The summed E-state index contributed by atoms with van der Waals surface area (Å²) in [7, 11) is 0. The third kappa shape index (κ3) is 2.77. The van der Waals surface area contributed by atoms with E-state index in [1.54, 1.807) is 19.1 Å². The van der Waals surface area contributed by atoms with Crippen LogP contribution in [0.4, 0.5) is 0 Å². The summed E-state index contributed by atoms with van der Waals surface area (Å²) in [6.07, 6.45) is 11.8. The molecule has 2 atom stereocenters. The van der Waals surface area contributed by atoms with Crippen LogP contribution in [0.5, 0.6) is 0 Å². The van der Waals surface area contributed by atoms with Crippen molar-refractivity contribution in [2.24, 2.45) is 0 Å². The van der Waals surface area contributed by atoms with E-state index in [0.29, 0.717) is 5.56 Å². The molecule has 2 N–H and O–H groups in total. The number of H-pyrrole nitrogens is 1. The highest BCUT2D eigenvalue weighted by molar-refractivity contribution is 5.06. The third-order valence-electron chi connectivity index (χ3n) is 2.40. The molecule has 0 amide bonds. The molecule has 6 heteroatoms. The van der Waals surface area contributed by atoms with Gasteiger partial charge < -0.3 is 9.84 Å². The SMILES string of the molecule is C#C.Cc1cn(C2C=CC(CO)O2)c(=O)[nH]c1=O. The second-order valence-electron chi connectivity index (χ2n) is 3.61. The van der Waals surface area contributed by atoms with Gasteiger partial charge in [-0.3, -0.25) is 14.3 Å². The van der Waals surface area contributed by atoms with Gasteiger partial charge in [0.2, 0.25) is 0 Å². The second kappa shape index (κ2) is 6.00. The van der Waals surface area contributed by atoms with Gasteiger partial charge >= 0.3 is 5.69 Å². The number of nitrogens with one attached hydrogen (secondary N) is 1. The first-order chi connectivity index (χ1) is 8.61. The van der Waals surface area contributed by atoms with Gasteiger partial charge in [0.15, 0.2) is 6.23 Å². The molecule has 0 radical (unpaired) electrons. The molecular weight excluding hydrogens is 236 g/mol. The largest absolute Gasteiger partial charge is 0.393 e. The molecule has 96 valence electrons. The molecule has 1 aliphatic heterocycles. The van der Waals surface area contributed by atoms with Gasteiger partial charge in [0.05, 0.1) is 6.61 Å². The number of ether oxygens (including phenoxy) is 1. The lowest BCUT2D eigenvalue weighted by atomic mass is 10.3. The van der Waals surface area contributed by atoms with E-state index in [-0.39, 0.29) is 6.61 Å². The van der Waals surface area contributed by atoms with Crippen LogP contribution >= 0.6 is 0 Å². The van der Waals surface area contributed by atoms with Gasteiger partial charge in [-0.1, -0.05) is 6.08 Å².